The molecule has 0 aliphatic carbocycles. The third kappa shape index (κ3) is 4.97. The quantitative estimate of drug-likeness (QED) is 0.603. The second-order valence-corrected chi connectivity index (χ2v) is 6.09. The number of rotatable bonds is 8. The fraction of sp³-hybridized carbons (Fsp3) is 0.227. The lowest BCUT2D eigenvalue weighted by Gasteiger charge is -2.18. The molecule has 0 unspecified atom stereocenters. The molecule has 3 aromatic carbocycles. The molecule has 5 heteroatoms. The minimum Gasteiger partial charge on any atom is -0.492 e. The lowest BCUT2D eigenvalue weighted by Crippen LogP contribution is -2.39. The molecular weight excluding hydrogens is 345 g/mol. The number of halogens is 1. The van der Waals surface area contributed by atoms with Crippen molar-refractivity contribution in [3.05, 3.63) is 72.5 Å². The van der Waals surface area contributed by atoms with E-state index in [1.165, 1.54) is 12.1 Å². The highest BCUT2D eigenvalue weighted by Gasteiger charge is 2.18. The van der Waals surface area contributed by atoms with Gasteiger partial charge in [-0.25, -0.2) is 4.39 Å². The Bertz CT molecular complexity index is 890. The predicted octanol–water partition coefficient (Wildman–Crippen LogP) is 4.33. The molecule has 0 aliphatic rings. The highest BCUT2D eigenvalue weighted by atomic mass is 19.1. The van der Waals surface area contributed by atoms with Gasteiger partial charge in [-0.3, -0.25) is 4.79 Å². The third-order valence-electron chi connectivity index (χ3n) is 4.17. The predicted molar refractivity (Wildman–Crippen MR) is 104 cm³/mol. The number of fused-ring (bicyclic) bond motifs is 1. The molecule has 0 fully saturated rings. The monoisotopic (exact) mass is 367 g/mol. The average Bonchev–Trinajstić information content (AvgIpc) is 2.70. The van der Waals surface area contributed by atoms with Gasteiger partial charge in [-0.15, -0.1) is 0 Å². The fourth-order valence-electron chi connectivity index (χ4n) is 2.76. The molecular formula is C22H22FNO3. The Morgan fingerprint density at radius 3 is 2.56 bits per heavy atom. The number of nitrogens with one attached hydrogen (secondary N) is 1. The highest BCUT2D eigenvalue weighted by Crippen LogP contribution is 2.26. The summed E-state index contributed by atoms with van der Waals surface area (Å²) in [5, 5.41) is 4.87. The van der Waals surface area contributed by atoms with Crippen LogP contribution in [0.4, 0.5) is 4.39 Å². The van der Waals surface area contributed by atoms with Crippen molar-refractivity contribution in [2.45, 2.75) is 19.4 Å². The summed E-state index contributed by atoms with van der Waals surface area (Å²) < 4.78 is 24.3. The van der Waals surface area contributed by atoms with Crippen molar-refractivity contribution in [1.82, 2.24) is 5.32 Å². The van der Waals surface area contributed by atoms with Gasteiger partial charge in [0.05, 0.1) is 6.54 Å². The van der Waals surface area contributed by atoms with Gasteiger partial charge in [0, 0.05) is 5.39 Å². The van der Waals surface area contributed by atoms with Crippen LogP contribution in [0.25, 0.3) is 10.8 Å². The Kier molecular flexibility index (Phi) is 6.26. The Labute approximate surface area is 157 Å². The minimum absolute atomic E-state index is 0.187. The molecule has 27 heavy (non-hydrogen) atoms. The van der Waals surface area contributed by atoms with Crippen molar-refractivity contribution >= 4 is 16.7 Å². The fourth-order valence-corrected chi connectivity index (χ4v) is 2.76. The van der Waals surface area contributed by atoms with E-state index in [-0.39, 0.29) is 11.7 Å². The summed E-state index contributed by atoms with van der Waals surface area (Å²) in [5.41, 5.74) is 0. The normalized spacial score (nSPS) is 11.8. The van der Waals surface area contributed by atoms with E-state index in [1.54, 1.807) is 12.1 Å². The molecule has 1 N–H and O–H groups in total. The standard InChI is InChI=1S/C22H22FNO3/c1-2-20(27-21-9-5-7-16-6-3-4-8-19(16)21)22(25)24-14-15-26-18-12-10-17(23)11-13-18/h3-13,20H,2,14-15H2,1H3,(H,24,25)/t20-/m0/s1. The molecule has 0 saturated heterocycles. The van der Waals surface area contributed by atoms with Crippen molar-refractivity contribution in [3.8, 4) is 11.5 Å². The molecule has 1 amide bonds. The van der Waals surface area contributed by atoms with E-state index in [9.17, 15) is 9.18 Å². The van der Waals surface area contributed by atoms with E-state index < -0.39 is 6.10 Å². The van der Waals surface area contributed by atoms with Crippen LogP contribution in [0, 0.1) is 5.82 Å². The number of hydrogen-bond donors (Lipinski definition) is 1. The van der Waals surface area contributed by atoms with Gasteiger partial charge < -0.3 is 14.8 Å². The maximum absolute atomic E-state index is 12.9. The van der Waals surface area contributed by atoms with E-state index in [0.717, 1.165) is 10.8 Å². The number of carbonyl (C=O) groups is 1. The summed E-state index contributed by atoms with van der Waals surface area (Å²) in [5.74, 6) is 0.752. The molecule has 4 nitrogen and oxygen atoms in total. The Hall–Kier alpha value is -3.08. The van der Waals surface area contributed by atoms with Crippen LogP contribution in [0.5, 0.6) is 11.5 Å². The number of amides is 1. The summed E-state index contributed by atoms with van der Waals surface area (Å²) >= 11 is 0. The van der Waals surface area contributed by atoms with E-state index in [0.29, 0.717) is 31.1 Å². The van der Waals surface area contributed by atoms with Crippen molar-refractivity contribution in [2.75, 3.05) is 13.2 Å². The van der Waals surface area contributed by atoms with E-state index in [2.05, 4.69) is 5.32 Å². The van der Waals surface area contributed by atoms with Crippen LogP contribution in [0.15, 0.2) is 66.7 Å². The average molecular weight is 367 g/mol. The molecule has 0 aromatic heterocycles. The van der Waals surface area contributed by atoms with Crippen LogP contribution in [0.2, 0.25) is 0 Å². The van der Waals surface area contributed by atoms with Crippen LogP contribution < -0.4 is 14.8 Å². The van der Waals surface area contributed by atoms with Gasteiger partial charge in [-0.2, -0.15) is 0 Å². The molecule has 140 valence electrons. The molecule has 0 aliphatic heterocycles. The number of ether oxygens (including phenoxy) is 2. The number of carbonyl (C=O) groups excluding carboxylic acids is 1. The summed E-state index contributed by atoms with van der Waals surface area (Å²) in [4.78, 5) is 12.4. The van der Waals surface area contributed by atoms with Crippen molar-refractivity contribution in [3.63, 3.8) is 0 Å². The zero-order valence-electron chi connectivity index (χ0n) is 15.2. The Morgan fingerprint density at radius 1 is 1.04 bits per heavy atom. The molecule has 3 rings (SSSR count). The van der Waals surface area contributed by atoms with Crippen LogP contribution in [0.3, 0.4) is 0 Å². The number of hydrogen-bond acceptors (Lipinski definition) is 3. The first-order valence-corrected chi connectivity index (χ1v) is 8.98. The van der Waals surface area contributed by atoms with Gasteiger partial charge in [0.15, 0.2) is 6.10 Å². The molecule has 0 saturated carbocycles. The lowest BCUT2D eigenvalue weighted by atomic mass is 10.1. The van der Waals surface area contributed by atoms with Crippen LogP contribution in [-0.2, 0) is 4.79 Å². The first-order valence-electron chi connectivity index (χ1n) is 8.98. The summed E-state index contributed by atoms with van der Waals surface area (Å²) in [6.45, 7) is 2.54. The lowest BCUT2D eigenvalue weighted by molar-refractivity contribution is -0.128. The molecule has 0 radical (unpaired) electrons. The first kappa shape index (κ1) is 18.7. The zero-order valence-corrected chi connectivity index (χ0v) is 15.2. The largest absolute Gasteiger partial charge is 0.492 e. The van der Waals surface area contributed by atoms with Crippen molar-refractivity contribution in [1.29, 1.82) is 0 Å². The summed E-state index contributed by atoms with van der Waals surface area (Å²) in [6.07, 6.45) is -0.0323. The smallest absolute Gasteiger partial charge is 0.261 e. The topological polar surface area (TPSA) is 47.6 Å². The second kappa shape index (κ2) is 9.03. The Balaban J connectivity index is 1.53. The minimum atomic E-state index is -0.582. The van der Waals surface area contributed by atoms with E-state index >= 15 is 0 Å². The third-order valence-corrected chi connectivity index (χ3v) is 4.17. The molecule has 0 spiro atoms. The van der Waals surface area contributed by atoms with Gasteiger partial charge >= 0.3 is 0 Å². The zero-order chi connectivity index (χ0) is 19.1. The second-order valence-electron chi connectivity index (χ2n) is 6.09. The summed E-state index contributed by atoms with van der Waals surface area (Å²) in [6, 6.07) is 19.5. The molecule has 0 bridgehead atoms. The first-order chi connectivity index (χ1) is 13.2. The van der Waals surface area contributed by atoms with Gasteiger partial charge in [-0.05, 0) is 42.1 Å². The Morgan fingerprint density at radius 2 is 1.78 bits per heavy atom. The maximum atomic E-state index is 12.9. The molecule has 3 aromatic rings. The van der Waals surface area contributed by atoms with Gasteiger partial charge in [0.25, 0.3) is 5.91 Å². The van der Waals surface area contributed by atoms with Crippen LogP contribution in [-0.4, -0.2) is 25.2 Å². The van der Waals surface area contributed by atoms with E-state index in [1.807, 2.05) is 49.4 Å². The number of benzene rings is 3. The summed E-state index contributed by atoms with van der Waals surface area (Å²) in [7, 11) is 0. The van der Waals surface area contributed by atoms with Gasteiger partial charge in [0.2, 0.25) is 0 Å². The SMILES string of the molecule is CC[C@H](Oc1cccc2ccccc12)C(=O)NCCOc1ccc(F)cc1. The molecule has 1 atom stereocenters. The van der Waals surface area contributed by atoms with E-state index in [4.69, 9.17) is 9.47 Å². The van der Waals surface area contributed by atoms with Crippen LogP contribution >= 0.6 is 0 Å². The highest BCUT2D eigenvalue weighted by molar-refractivity contribution is 5.89. The van der Waals surface area contributed by atoms with Crippen LogP contribution in [0.1, 0.15) is 13.3 Å². The van der Waals surface area contributed by atoms with Gasteiger partial charge in [-0.1, -0.05) is 43.3 Å². The molecule has 0 heterocycles. The van der Waals surface area contributed by atoms with Crippen molar-refractivity contribution in [2.24, 2.45) is 0 Å². The van der Waals surface area contributed by atoms with Crippen molar-refractivity contribution < 1.29 is 18.7 Å². The van der Waals surface area contributed by atoms with Gasteiger partial charge in [0.1, 0.15) is 23.9 Å². The maximum Gasteiger partial charge on any atom is 0.261 e.